The summed E-state index contributed by atoms with van der Waals surface area (Å²) in [4.78, 5) is 51.9. The maximum absolute atomic E-state index is 13.3. The normalized spacial score (nSPS) is 13.3. The lowest BCUT2D eigenvalue weighted by Crippen LogP contribution is -2.40. The van der Waals surface area contributed by atoms with Gasteiger partial charge in [0.05, 0.1) is 48.2 Å². The Kier molecular flexibility index (Phi) is 6.19. The number of ether oxygens (including phenoxy) is 1. The van der Waals surface area contributed by atoms with Crippen LogP contribution >= 0.6 is 0 Å². The van der Waals surface area contributed by atoms with Crippen molar-refractivity contribution in [2.24, 2.45) is 0 Å². The zero-order valence-corrected chi connectivity index (χ0v) is 19.4. The van der Waals surface area contributed by atoms with Crippen molar-refractivity contribution in [3.63, 3.8) is 0 Å². The first-order valence-corrected chi connectivity index (χ1v) is 11.3. The maximum atomic E-state index is 13.3. The first kappa shape index (κ1) is 22.9. The summed E-state index contributed by atoms with van der Waals surface area (Å²) in [6, 6.07) is 5.44. The molecule has 0 aromatic carbocycles. The number of likely N-dealkylation sites (tertiary alicyclic amines) is 1. The van der Waals surface area contributed by atoms with Crippen molar-refractivity contribution in [2.75, 3.05) is 20.2 Å². The number of Topliss-reactive ketones (excluding diaryl/α,β-unsaturated/α-hetero) is 1. The van der Waals surface area contributed by atoms with E-state index < -0.39 is 11.7 Å². The molecule has 10 nitrogen and oxygen atoms in total. The predicted octanol–water partition coefficient (Wildman–Crippen LogP) is 3.56. The number of carbonyl (C=O) groups is 2. The number of ketones is 1. The Morgan fingerprint density at radius 2 is 1.92 bits per heavy atom. The van der Waals surface area contributed by atoms with E-state index in [0.29, 0.717) is 65.4 Å². The molecule has 0 radical (unpaired) electrons. The fourth-order valence-electron chi connectivity index (χ4n) is 4.36. The summed E-state index contributed by atoms with van der Waals surface area (Å²) >= 11 is 0. The molecule has 1 fully saturated rings. The minimum atomic E-state index is -0.640. The second kappa shape index (κ2) is 9.76. The topological polar surface area (TPSA) is 118 Å². The molecule has 36 heavy (non-hydrogen) atoms. The molecule has 0 unspecified atom stereocenters. The predicted molar refractivity (Wildman–Crippen MR) is 132 cm³/mol. The minimum absolute atomic E-state index is 0.205. The Bertz CT molecular complexity index is 1510. The lowest BCUT2D eigenvalue weighted by molar-refractivity contribution is -0.126. The van der Waals surface area contributed by atoms with Gasteiger partial charge in [0.15, 0.2) is 0 Å². The van der Waals surface area contributed by atoms with Crippen molar-refractivity contribution in [1.29, 1.82) is 0 Å². The molecule has 4 aromatic heterocycles. The average molecular weight is 480 g/mol. The zero-order valence-electron chi connectivity index (χ0n) is 19.4. The first-order valence-electron chi connectivity index (χ1n) is 11.3. The van der Waals surface area contributed by atoms with Crippen LogP contribution in [0.4, 0.5) is 0 Å². The molecule has 0 atom stereocenters. The molecule has 1 N–H and O–H groups in total. The minimum Gasteiger partial charge on any atom is -0.494 e. The summed E-state index contributed by atoms with van der Waals surface area (Å²) in [5, 5.41) is 0.467. The maximum Gasteiger partial charge on any atom is 0.295 e. The van der Waals surface area contributed by atoms with E-state index in [-0.39, 0.29) is 5.56 Å². The summed E-state index contributed by atoms with van der Waals surface area (Å²) in [7, 11) is 1.48. The average Bonchev–Trinajstić information content (AvgIpc) is 3.39. The molecule has 1 saturated heterocycles. The number of aromatic amines is 1. The highest BCUT2D eigenvalue weighted by atomic mass is 16.5. The Labute approximate surface area is 206 Å². The van der Waals surface area contributed by atoms with E-state index in [2.05, 4.69) is 29.8 Å². The van der Waals surface area contributed by atoms with E-state index >= 15 is 0 Å². The lowest BCUT2D eigenvalue weighted by atomic mass is 9.99. The van der Waals surface area contributed by atoms with Crippen LogP contribution < -0.4 is 4.74 Å². The Balaban J connectivity index is 1.41. The molecule has 1 aliphatic rings. The van der Waals surface area contributed by atoms with Crippen LogP contribution in [0.3, 0.4) is 0 Å². The number of hydrogen-bond donors (Lipinski definition) is 1. The fraction of sp³-hybridized carbons (Fsp3) is 0.192. The van der Waals surface area contributed by atoms with Crippen LogP contribution in [0.15, 0.2) is 61.0 Å². The van der Waals surface area contributed by atoms with Gasteiger partial charge >= 0.3 is 0 Å². The number of aromatic nitrogens is 5. The molecule has 1 aliphatic heterocycles. The van der Waals surface area contributed by atoms with E-state index in [9.17, 15) is 9.59 Å². The standard InChI is InChI=1S/C26H21N7O3/c1-27-22(18-5-3-4-8-29-18)16-6-11-33(12-7-16)26(35)25(34)17-13-31-24-21(17)20(36-2)15-32-23(24)19-14-28-9-10-30-19/h3-5,8-10,13-15,31H,6-7,11-12H2,2H3. The number of carbonyl (C=O) groups excluding carboxylic acids is 2. The summed E-state index contributed by atoms with van der Waals surface area (Å²) in [5.74, 6) is -0.869. The van der Waals surface area contributed by atoms with Crippen molar-refractivity contribution in [3.8, 4) is 17.1 Å². The van der Waals surface area contributed by atoms with E-state index in [0.717, 1.165) is 5.57 Å². The lowest BCUT2D eigenvalue weighted by Gasteiger charge is -2.28. The van der Waals surface area contributed by atoms with Crippen molar-refractivity contribution < 1.29 is 14.3 Å². The first-order chi connectivity index (χ1) is 17.6. The van der Waals surface area contributed by atoms with Gasteiger partial charge in [0, 0.05) is 37.9 Å². The molecule has 4 aromatic rings. The highest BCUT2D eigenvalue weighted by molar-refractivity contribution is 6.45. The number of amides is 1. The SMILES string of the molecule is [C-]#[N+]C(=C1CCN(C(=O)C(=O)c2c[nH]c3c(-c4cnccn4)ncc(OC)c23)CC1)c1ccccn1. The molecule has 5 heterocycles. The van der Waals surface area contributed by atoms with Crippen LogP contribution in [-0.4, -0.2) is 61.7 Å². The van der Waals surface area contributed by atoms with E-state index in [1.54, 1.807) is 36.9 Å². The number of pyridine rings is 2. The third-order valence-corrected chi connectivity index (χ3v) is 6.15. The van der Waals surface area contributed by atoms with Crippen LogP contribution in [0, 0.1) is 6.57 Å². The summed E-state index contributed by atoms with van der Waals surface area (Å²) in [6.45, 7) is 8.28. The van der Waals surface area contributed by atoms with Gasteiger partial charge in [0.1, 0.15) is 17.1 Å². The largest absolute Gasteiger partial charge is 0.494 e. The highest BCUT2D eigenvalue weighted by Gasteiger charge is 2.30. The third kappa shape index (κ3) is 4.07. The van der Waals surface area contributed by atoms with Crippen LogP contribution in [0.25, 0.3) is 32.8 Å². The number of hydrogen-bond acceptors (Lipinski definition) is 7. The molecule has 0 spiro atoms. The van der Waals surface area contributed by atoms with E-state index in [1.807, 2.05) is 6.07 Å². The number of fused-ring (bicyclic) bond motifs is 1. The Morgan fingerprint density at radius 1 is 1.08 bits per heavy atom. The molecule has 0 aliphatic carbocycles. The summed E-state index contributed by atoms with van der Waals surface area (Å²) in [6.07, 6.45) is 10.4. The third-order valence-electron chi connectivity index (χ3n) is 6.15. The quantitative estimate of drug-likeness (QED) is 0.264. The molecule has 5 rings (SSSR count). The number of nitrogens with one attached hydrogen (secondary N) is 1. The summed E-state index contributed by atoms with van der Waals surface area (Å²) in [5.41, 5.74) is 3.84. The zero-order chi connectivity index (χ0) is 25.1. The number of rotatable bonds is 5. The van der Waals surface area contributed by atoms with Gasteiger partial charge in [0.25, 0.3) is 11.7 Å². The molecule has 0 saturated carbocycles. The molecule has 178 valence electrons. The van der Waals surface area contributed by atoms with Gasteiger partial charge in [-0.2, -0.15) is 0 Å². The van der Waals surface area contributed by atoms with Gasteiger partial charge in [0.2, 0.25) is 5.70 Å². The summed E-state index contributed by atoms with van der Waals surface area (Å²) < 4.78 is 5.45. The molecular weight excluding hydrogens is 458 g/mol. The van der Waals surface area contributed by atoms with E-state index in [4.69, 9.17) is 11.3 Å². The Hall–Kier alpha value is -4.91. The van der Waals surface area contributed by atoms with Crippen LogP contribution in [0.1, 0.15) is 28.9 Å². The van der Waals surface area contributed by atoms with Crippen molar-refractivity contribution >= 4 is 28.3 Å². The highest BCUT2D eigenvalue weighted by Crippen LogP contribution is 2.34. The van der Waals surface area contributed by atoms with Gasteiger partial charge in [-0.15, -0.1) is 0 Å². The van der Waals surface area contributed by atoms with Crippen LogP contribution in [-0.2, 0) is 4.79 Å². The number of nitrogens with zero attached hydrogens (tertiary/aromatic N) is 6. The molecule has 0 bridgehead atoms. The number of H-pyrrole nitrogens is 1. The van der Waals surface area contributed by atoms with Crippen LogP contribution in [0.5, 0.6) is 5.75 Å². The number of piperidine rings is 1. The second-order valence-corrected chi connectivity index (χ2v) is 8.12. The van der Waals surface area contributed by atoms with Gasteiger partial charge in [-0.3, -0.25) is 24.5 Å². The smallest absolute Gasteiger partial charge is 0.295 e. The van der Waals surface area contributed by atoms with Gasteiger partial charge < -0.3 is 14.6 Å². The fourth-order valence-corrected chi connectivity index (χ4v) is 4.36. The van der Waals surface area contributed by atoms with Crippen molar-refractivity contribution in [2.45, 2.75) is 12.8 Å². The van der Waals surface area contributed by atoms with Gasteiger partial charge in [-0.1, -0.05) is 11.6 Å². The number of methoxy groups -OCH3 is 1. The Morgan fingerprint density at radius 3 is 2.58 bits per heavy atom. The van der Waals surface area contributed by atoms with Crippen molar-refractivity contribution in [1.82, 2.24) is 29.8 Å². The molecule has 10 heteroatoms. The van der Waals surface area contributed by atoms with E-state index in [1.165, 1.54) is 24.4 Å². The molecular formula is C26H21N7O3. The van der Waals surface area contributed by atoms with Crippen molar-refractivity contribution in [3.05, 3.63) is 83.6 Å². The second-order valence-electron chi connectivity index (χ2n) is 8.12. The van der Waals surface area contributed by atoms with Crippen LogP contribution in [0.2, 0.25) is 0 Å². The molecule has 1 amide bonds. The van der Waals surface area contributed by atoms with Gasteiger partial charge in [-0.05, 0) is 25.0 Å². The monoisotopic (exact) mass is 479 g/mol. The van der Waals surface area contributed by atoms with Gasteiger partial charge in [-0.25, -0.2) is 9.83 Å².